The van der Waals surface area contributed by atoms with Crippen molar-refractivity contribution in [1.29, 1.82) is 0 Å². The Hall–Kier alpha value is -1.04. The molecule has 0 saturated heterocycles. The van der Waals surface area contributed by atoms with Gasteiger partial charge >= 0.3 is 0 Å². The monoisotopic (exact) mass is 172 g/mol. The summed E-state index contributed by atoms with van der Waals surface area (Å²) in [5.41, 5.74) is 5.90. The summed E-state index contributed by atoms with van der Waals surface area (Å²) >= 11 is 0. The van der Waals surface area contributed by atoms with Crippen molar-refractivity contribution in [3.8, 4) is 0 Å². The Balaban J connectivity index is 2.67. The van der Waals surface area contributed by atoms with Crippen molar-refractivity contribution < 1.29 is 0 Å². The van der Waals surface area contributed by atoms with Gasteiger partial charge in [-0.15, -0.1) is 0 Å². The Morgan fingerprint density at radius 2 is 1.77 bits per heavy atom. The third-order valence-electron chi connectivity index (χ3n) is 2.87. The van der Waals surface area contributed by atoms with Crippen LogP contribution in [0.1, 0.15) is 37.5 Å². The summed E-state index contributed by atoms with van der Waals surface area (Å²) in [5, 5.41) is 0. The summed E-state index contributed by atoms with van der Waals surface area (Å²) in [6, 6.07) is 6.75. The van der Waals surface area contributed by atoms with Gasteiger partial charge < -0.3 is 0 Å². The molecule has 0 bridgehead atoms. The van der Waals surface area contributed by atoms with Gasteiger partial charge in [0.15, 0.2) is 0 Å². The molecule has 0 saturated carbocycles. The summed E-state index contributed by atoms with van der Waals surface area (Å²) in [4.78, 5) is 0. The molecule has 1 aromatic rings. The number of aryl methyl sites for hydroxylation is 1. The molecule has 0 heterocycles. The molecule has 0 unspecified atom stereocenters. The molecule has 0 radical (unpaired) electrons. The van der Waals surface area contributed by atoms with E-state index in [2.05, 4.69) is 52.0 Å². The van der Waals surface area contributed by atoms with Crippen LogP contribution in [-0.2, 0) is 5.41 Å². The van der Waals surface area contributed by atoms with Gasteiger partial charge in [-0.3, -0.25) is 0 Å². The maximum absolute atomic E-state index is 2.36. The smallest absolute Gasteiger partial charge is 0.00872 e. The SMILES string of the molecule is CC1=CC(C)(C)c2ccc(C)cc21. The van der Waals surface area contributed by atoms with Crippen LogP contribution in [0.2, 0.25) is 0 Å². The quantitative estimate of drug-likeness (QED) is 0.560. The number of hydrogen-bond acceptors (Lipinski definition) is 0. The molecular weight excluding hydrogens is 156 g/mol. The van der Waals surface area contributed by atoms with Crippen molar-refractivity contribution >= 4 is 5.57 Å². The molecule has 0 spiro atoms. The minimum absolute atomic E-state index is 0.229. The van der Waals surface area contributed by atoms with E-state index in [1.165, 1.54) is 22.3 Å². The van der Waals surface area contributed by atoms with Crippen molar-refractivity contribution in [1.82, 2.24) is 0 Å². The third-order valence-corrected chi connectivity index (χ3v) is 2.87. The maximum atomic E-state index is 2.36. The van der Waals surface area contributed by atoms with Crippen LogP contribution in [0.5, 0.6) is 0 Å². The second-order valence-electron chi connectivity index (χ2n) is 4.60. The zero-order chi connectivity index (χ0) is 9.64. The van der Waals surface area contributed by atoms with E-state index in [1.54, 1.807) is 0 Å². The molecule has 0 N–H and O–H groups in total. The van der Waals surface area contributed by atoms with Gasteiger partial charge in [-0.25, -0.2) is 0 Å². The molecule has 13 heavy (non-hydrogen) atoms. The van der Waals surface area contributed by atoms with Crippen LogP contribution < -0.4 is 0 Å². The Morgan fingerprint density at radius 1 is 1.08 bits per heavy atom. The summed E-state index contributed by atoms with van der Waals surface area (Å²) in [5.74, 6) is 0. The highest BCUT2D eigenvalue weighted by Crippen LogP contribution is 2.40. The summed E-state index contributed by atoms with van der Waals surface area (Å²) < 4.78 is 0. The minimum Gasteiger partial charge on any atom is -0.0709 e. The normalized spacial score (nSPS) is 18.3. The van der Waals surface area contributed by atoms with Crippen LogP contribution >= 0.6 is 0 Å². The Labute approximate surface area is 80.3 Å². The van der Waals surface area contributed by atoms with Gasteiger partial charge in [0, 0.05) is 5.41 Å². The van der Waals surface area contributed by atoms with Crippen molar-refractivity contribution in [2.75, 3.05) is 0 Å². The van der Waals surface area contributed by atoms with Crippen LogP contribution in [0.15, 0.2) is 24.3 Å². The molecule has 2 rings (SSSR count). The molecule has 0 atom stereocenters. The molecule has 0 amide bonds. The van der Waals surface area contributed by atoms with E-state index in [0.29, 0.717) is 0 Å². The van der Waals surface area contributed by atoms with Gasteiger partial charge in [-0.2, -0.15) is 0 Å². The molecule has 0 heteroatoms. The first kappa shape index (κ1) is 8.55. The van der Waals surface area contributed by atoms with E-state index in [4.69, 9.17) is 0 Å². The molecule has 0 nitrogen and oxygen atoms in total. The van der Waals surface area contributed by atoms with Crippen LogP contribution in [0.25, 0.3) is 5.57 Å². The first-order valence-corrected chi connectivity index (χ1v) is 4.82. The number of benzene rings is 1. The van der Waals surface area contributed by atoms with Crippen molar-refractivity contribution in [2.45, 2.75) is 33.1 Å². The highest BCUT2D eigenvalue weighted by atomic mass is 14.3. The van der Waals surface area contributed by atoms with Crippen molar-refractivity contribution in [3.63, 3.8) is 0 Å². The van der Waals surface area contributed by atoms with E-state index in [0.717, 1.165) is 0 Å². The predicted octanol–water partition coefficient (Wildman–Crippen LogP) is 3.69. The Bertz CT molecular complexity index is 381. The van der Waals surface area contributed by atoms with Crippen LogP contribution in [0.4, 0.5) is 0 Å². The van der Waals surface area contributed by atoms with Crippen LogP contribution in [-0.4, -0.2) is 0 Å². The number of rotatable bonds is 0. The largest absolute Gasteiger partial charge is 0.0709 e. The molecule has 68 valence electrons. The van der Waals surface area contributed by atoms with E-state index in [9.17, 15) is 0 Å². The molecule has 1 aromatic carbocycles. The van der Waals surface area contributed by atoms with Gasteiger partial charge in [0.05, 0.1) is 0 Å². The predicted molar refractivity (Wildman–Crippen MR) is 57.9 cm³/mol. The van der Waals surface area contributed by atoms with Gasteiger partial charge in [-0.1, -0.05) is 43.7 Å². The molecule has 0 aromatic heterocycles. The average Bonchev–Trinajstić information content (AvgIpc) is 2.22. The van der Waals surface area contributed by atoms with Crippen molar-refractivity contribution in [3.05, 3.63) is 41.0 Å². The van der Waals surface area contributed by atoms with E-state index >= 15 is 0 Å². The number of fused-ring (bicyclic) bond motifs is 1. The zero-order valence-corrected chi connectivity index (χ0v) is 8.81. The standard InChI is InChI=1S/C13H16/c1-9-5-6-12-11(7-9)10(2)8-13(12,3)4/h5-8H,1-4H3. The van der Waals surface area contributed by atoms with Gasteiger partial charge in [0.25, 0.3) is 0 Å². The fourth-order valence-electron chi connectivity index (χ4n) is 2.24. The molecule has 0 aliphatic heterocycles. The van der Waals surface area contributed by atoms with Crippen LogP contribution in [0.3, 0.4) is 0 Å². The second-order valence-corrected chi connectivity index (χ2v) is 4.60. The summed E-state index contributed by atoms with van der Waals surface area (Å²) in [7, 11) is 0. The second kappa shape index (κ2) is 2.47. The first-order chi connectivity index (χ1) is 6.00. The highest BCUT2D eigenvalue weighted by molar-refractivity contribution is 5.75. The fraction of sp³-hybridized carbons (Fsp3) is 0.385. The van der Waals surface area contributed by atoms with Crippen LogP contribution in [0, 0.1) is 6.92 Å². The highest BCUT2D eigenvalue weighted by Gasteiger charge is 2.27. The average molecular weight is 172 g/mol. The lowest BCUT2D eigenvalue weighted by Gasteiger charge is -2.17. The number of allylic oxidation sites excluding steroid dienone is 2. The topological polar surface area (TPSA) is 0 Å². The van der Waals surface area contributed by atoms with Gasteiger partial charge in [0.2, 0.25) is 0 Å². The van der Waals surface area contributed by atoms with Gasteiger partial charge in [-0.05, 0) is 30.5 Å². The molecule has 0 fully saturated rings. The summed E-state index contributed by atoms with van der Waals surface area (Å²) in [6.07, 6.45) is 2.36. The zero-order valence-electron chi connectivity index (χ0n) is 8.81. The van der Waals surface area contributed by atoms with Crippen molar-refractivity contribution in [2.24, 2.45) is 0 Å². The maximum Gasteiger partial charge on any atom is 0.00872 e. The molecule has 1 aliphatic rings. The molecule has 1 aliphatic carbocycles. The lowest BCUT2D eigenvalue weighted by atomic mass is 9.87. The lowest BCUT2D eigenvalue weighted by Crippen LogP contribution is -2.10. The molecular formula is C13H16. The Kier molecular flexibility index (Phi) is 1.63. The fourth-order valence-corrected chi connectivity index (χ4v) is 2.24. The third kappa shape index (κ3) is 1.21. The number of hydrogen-bond donors (Lipinski definition) is 0. The van der Waals surface area contributed by atoms with E-state index in [-0.39, 0.29) is 5.41 Å². The summed E-state index contributed by atoms with van der Waals surface area (Å²) in [6.45, 7) is 8.90. The minimum atomic E-state index is 0.229. The first-order valence-electron chi connectivity index (χ1n) is 4.82. The van der Waals surface area contributed by atoms with E-state index in [1.807, 2.05) is 0 Å². The Morgan fingerprint density at radius 3 is 2.46 bits per heavy atom. The van der Waals surface area contributed by atoms with Gasteiger partial charge in [0.1, 0.15) is 0 Å². The lowest BCUT2D eigenvalue weighted by molar-refractivity contribution is 0.683. The van der Waals surface area contributed by atoms with E-state index < -0.39 is 0 Å².